The zero-order valence-electron chi connectivity index (χ0n) is 16.1. The van der Waals surface area contributed by atoms with E-state index in [2.05, 4.69) is 30.1 Å². The number of nitrogens with one attached hydrogen (secondary N) is 1. The lowest BCUT2D eigenvalue weighted by atomic mass is 10.0. The summed E-state index contributed by atoms with van der Waals surface area (Å²) >= 11 is 7.28. The van der Waals surface area contributed by atoms with Gasteiger partial charge in [-0.05, 0) is 35.7 Å². The molecule has 0 aliphatic rings. The van der Waals surface area contributed by atoms with Gasteiger partial charge in [0.1, 0.15) is 0 Å². The third-order valence-corrected chi connectivity index (χ3v) is 5.49. The summed E-state index contributed by atoms with van der Waals surface area (Å²) in [4.78, 5) is 30.1. The van der Waals surface area contributed by atoms with Crippen molar-refractivity contribution in [1.82, 2.24) is 14.9 Å². The van der Waals surface area contributed by atoms with E-state index in [0.29, 0.717) is 21.1 Å². The first-order chi connectivity index (χ1) is 13.9. The average molecular weight is 426 g/mol. The minimum Gasteiger partial charge on any atom is -0.344 e. The van der Waals surface area contributed by atoms with Gasteiger partial charge in [0.25, 0.3) is 5.56 Å². The predicted molar refractivity (Wildman–Crippen MR) is 119 cm³/mol. The Morgan fingerprint density at radius 1 is 1.31 bits per heavy atom. The molecule has 7 heteroatoms. The molecule has 148 valence electrons. The smallest absolute Gasteiger partial charge is 0.266 e. The van der Waals surface area contributed by atoms with Gasteiger partial charge in [0.2, 0.25) is 5.91 Å². The molecule has 1 heterocycles. The summed E-state index contributed by atoms with van der Waals surface area (Å²) in [5.74, 6) is 2.43. The van der Waals surface area contributed by atoms with Gasteiger partial charge >= 0.3 is 0 Å². The summed E-state index contributed by atoms with van der Waals surface area (Å²) in [6, 6.07) is 12.7. The molecule has 0 radical (unpaired) electrons. The lowest BCUT2D eigenvalue weighted by Crippen LogP contribution is -2.27. The summed E-state index contributed by atoms with van der Waals surface area (Å²) in [5.41, 5.74) is 2.06. The summed E-state index contributed by atoms with van der Waals surface area (Å²) in [6.07, 6.45) is 5.18. The number of hydrogen-bond donors (Lipinski definition) is 1. The zero-order valence-corrected chi connectivity index (χ0v) is 17.7. The molecule has 3 rings (SSSR count). The van der Waals surface area contributed by atoms with Crippen molar-refractivity contribution in [3.63, 3.8) is 0 Å². The van der Waals surface area contributed by atoms with Crippen molar-refractivity contribution in [3.8, 4) is 18.0 Å². The van der Waals surface area contributed by atoms with E-state index in [0.717, 1.165) is 11.3 Å². The molecule has 1 aromatic heterocycles. The molecule has 29 heavy (non-hydrogen) atoms. The normalized spacial score (nSPS) is 10.9. The molecule has 0 aliphatic heterocycles. The Kier molecular flexibility index (Phi) is 6.63. The van der Waals surface area contributed by atoms with E-state index in [-0.39, 0.29) is 29.7 Å². The molecule has 2 aromatic carbocycles. The number of nitrogens with zero attached hydrogens (tertiary/aromatic N) is 2. The minimum atomic E-state index is -0.225. The number of amides is 1. The number of terminal acetylenes is 1. The lowest BCUT2D eigenvalue weighted by Gasteiger charge is -2.18. The molecule has 0 spiro atoms. The number of thioether (sulfide) groups is 1. The highest BCUT2D eigenvalue weighted by atomic mass is 35.5. The molecule has 0 atom stereocenters. The van der Waals surface area contributed by atoms with Gasteiger partial charge in [-0.25, -0.2) is 4.98 Å². The molecule has 0 unspecified atom stereocenters. The van der Waals surface area contributed by atoms with E-state index in [4.69, 9.17) is 18.0 Å². The summed E-state index contributed by atoms with van der Waals surface area (Å²) in [5, 5.41) is 4.00. The lowest BCUT2D eigenvalue weighted by molar-refractivity contribution is -0.118. The summed E-state index contributed by atoms with van der Waals surface area (Å²) in [6.45, 7) is 4.29. The van der Waals surface area contributed by atoms with Crippen molar-refractivity contribution >= 4 is 40.2 Å². The van der Waals surface area contributed by atoms with Gasteiger partial charge in [-0.2, -0.15) is 0 Å². The Balaban J connectivity index is 2.18. The highest BCUT2D eigenvalue weighted by Crippen LogP contribution is 2.27. The van der Waals surface area contributed by atoms with Crippen LogP contribution < -0.4 is 10.9 Å². The van der Waals surface area contributed by atoms with Crippen LogP contribution in [-0.4, -0.2) is 27.8 Å². The van der Waals surface area contributed by atoms with Crippen LogP contribution in [0.2, 0.25) is 5.02 Å². The molecule has 0 saturated carbocycles. The Bertz CT molecular complexity index is 1160. The third kappa shape index (κ3) is 4.64. The zero-order chi connectivity index (χ0) is 21.0. The number of carbonyl (C=O) groups is 1. The largest absolute Gasteiger partial charge is 0.344 e. The fourth-order valence-electron chi connectivity index (χ4n) is 2.96. The summed E-state index contributed by atoms with van der Waals surface area (Å²) in [7, 11) is 0. The number of aromatic nitrogens is 2. The van der Waals surface area contributed by atoms with Crippen molar-refractivity contribution in [2.24, 2.45) is 0 Å². The topological polar surface area (TPSA) is 64.0 Å². The first-order valence-electron chi connectivity index (χ1n) is 9.07. The molecule has 0 aliphatic carbocycles. The van der Waals surface area contributed by atoms with Crippen molar-refractivity contribution in [2.75, 3.05) is 12.3 Å². The molecule has 0 bridgehead atoms. The molecule has 1 amide bonds. The molecule has 0 fully saturated rings. The second-order valence-corrected chi connectivity index (χ2v) is 8.06. The number of para-hydroxylation sites is 1. The second-order valence-electron chi connectivity index (χ2n) is 6.68. The van der Waals surface area contributed by atoms with E-state index in [1.54, 1.807) is 22.8 Å². The highest BCUT2D eigenvalue weighted by Gasteiger charge is 2.18. The maximum absolute atomic E-state index is 13.4. The Morgan fingerprint density at radius 2 is 2.07 bits per heavy atom. The van der Waals surface area contributed by atoms with Crippen LogP contribution in [0, 0.1) is 12.3 Å². The first-order valence-corrected chi connectivity index (χ1v) is 10.4. The number of fused-ring (bicyclic) bond motifs is 1. The maximum Gasteiger partial charge on any atom is 0.266 e. The standard InChI is InChI=1S/C22H20ClN3O2S/c1-4-11-24-20(27)13-29-22-25-18-12-15(23)9-10-17(18)21(28)26(22)19-8-6-5-7-16(19)14(2)3/h1,5-10,12,14H,11,13H2,2-3H3,(H,24,27). The molecule has 1 N–H and O–H groups in total. The van der Waals surface area contributed by atoms with Gasteiger partial charge in [0.15, 0.2) is 5.16 Å². The molecule has 5 nitrogen and oxygen atoms in total. The second kappa shape index (κ2) is 9.17. The van der Waals surface area contributed by atoms with Gasteiger partial charge in [-0.1, -0.05) is 61.3 Å². The van der Waals surface area contributed by atoms with E-state index < -0.39 is 0 Å². The van der Waals surface area contributed by atoms with Gasteiger partial charge in [0.05, 0.1) is 28.9 Å². The van der Waals surface area contributed by atoms with Crippen LogP contribution >= 0.6 is 23.4 Å². The van der Waals surface area contributed by atoms with Crippen molar-refractivity contribution in [1.29, 1.82) is 0 Å². The van der Waals surface area contributed by atoms with Crippen LogP contribution in [0.3, 0.4) is 0 Å². The first kappa shape index (κ1) is 21.0. The van der Waals surface area contributed by atoms with Crippen LogP contribution in [0.5, 0.6) is 0 Å². The Labute approximate surface area is 178 Å². The van der Waals surface area contributed by atoms with Crippen molar-refractivity contribution < 1.29 is 4.79 Å². The molecular formula is C22H20ClN3O2S. The predicted octanol–water partition coefficient (Wildman–Crippen LogP) is 4.00. The average Bonchev–Trinajstić information content (AvgIpc) is 2.70. The number of carbonyl (C=O) groups excluding carboxylic acids is 1. The number of rotatable bonds is 6. The van der Waals surface area contributed by atoms with Crippen molar-refractivity contribution in [2.45, 2.75) is 24.9 Å². The molecular weight excluding hydrogens is 406 g/mol. The molecule has 0 saturated heterocycles. The van der Waals surface area contributed by atoms with Gasteiger partial charge in [0, 0.05) is 5.02 Å². The van der Waals surface area contributed by atoms with E-state index >= 15 is 0 Å². The molecule has 3 aromatic rings. The van der Waals surface area contributed by atoms with Crippen LogP contribution in [0.4, 0.5) is 0 Å². The van der Waals surface area contributed by atoms with Crippen LogP contribution in [0.15, 0.2) is 52.4 Å². The number of benzene rings is 2. The third-order valence-electron chi connectivity index (χ3n) is 4.32. The monoisotopic (exact) mass is 425 g/mol. The van der Waals surface area contributed by atoms with E-state index in [9.17, 15) is 9.59 Å². The fourth-order valence-corrected chi connectivity index (χ4v) is 3.96. The SMILES string of the molecule is C#CCNC(=O)CSc1nc2cc(Cl)ccc2c(=O)n1-c1ccccc1C(C)C. The fraction of sp³-hybridized carbons (Fsp3) is 0.227. The Hall–Kier alpha value is -2.75. The number of halogens is 1. The van der Waals surface area contributed by atoms with Crippen molar-refractivity contribution in [3.05, 3.63) is 63.4 Å². The maximum atomic E-state index is 13.4. The summed E-state index contributed by atoms with van der Waals surface area (Å²) < 4.78 is 1.57. The quantitative estimate of drug-likeness (QED) is 0.368. The Morgan fingerprint density at radius 3 is 2.79 bits per heavy atom. The van der Waals surface area contributed by atoms with Crippen LogP contribution in [0.1, 0.15) is 25.3 Å². The van der Waals surface area contributed by atoms with Crippen LogP contribution in [0.25, 0.3) is 16.6 Å². The minimum absolute atomic E-state index is 0.0873. The van der Waals surface area contributed by atoms with E-state index in [1.807, 2.05) is 24.3 Å². The van der Waals surface area contributed by atoms with Gasteiger partial charge in [-0.3, -0.25) is 14.2 Å². The van der Waals surface area contributed by atoms with Gasteiger partial charge < -0.3 is 5.32 Å². The van der Waals surface area contributed by atoms with Crippen LogP contribution in [-0.2, 0) is 4.79 Å². The van der Waals surface area contributed by atoms with Gasteiger partial charge in [-0.15, -0.1) is 6.42 Å². The number of hydrogen-bond acceptors (Lipinski definition) is 4. The van der Waals surface area contributed by atoms with E-state index in [1.165, 1.54) is 11.8 Å². The highest BCUT2D eigenvalue weighted by molar-refractivity contribution is 7.99.